The zero-order chi connectivity index (χ0) is 13.8. The van der Waals surface area contributed by atoms with Crippen LogP contribution in [-0.4, -0.2) is 7.11 Å². The molecule has 0 spiro atoms. The second kappa shape index (κ2) is 6.22. The Balaban J connectivity index is 2.15. The van der Waals surface area contributed by atoms with Crippen LogP contribution in [0.1, 0.15) is 22.7 Å². The molecule has 0 aliphatic heterocycles. The lowest BCUT2D eigenvalue weighted by Gasteiger charge is -2.16. The van der Waals surface area contributed by atoms with Crippen LogP contribution in [0.3, 0.4) is 0 Å². The minimum atomic E-state index is 0.00546. The number of rotatable bonds is 4. The summed E-state index contributed by atoms with van der Waals surface area (Å²) in [7, 11) is 1.67. The minimum Gasteiger partial charge on any atom is -0.497 e. The summed E-state index contributed by atoms with van der Waals surface area (Å²) in [6.07, 6.45) is 0.821. The van der Waals surface area contributed by atoms with Crippen molar-refractivity contribution in [3.05, 3.63) is 63.6 Å². The predicted octanol–water partition coefficient (Wildman–Crippen LogP) is 4.01. The third kappa shape index (κ3) is 3.37. The molecular formula is C16H18BrNO. The maximum atomic E-state index is 6.32. The molecule has 2 N–H and O–H groups in total. The van der Waals surface area contributed by atoms with Gasteiger partial charge in [0.15, 0.2) is 0 Å². The number of hydrogen-bond donors (Lipinski definition) is 1. The summed E-state index contributed by atoms with van der Waals surface area (Å²) in [4.78, 5) is 0. The van der Waals surface area contributed by atoms with E-state index in [0.717, 1.165) is 16.6 Å². The fourth-order valence-corrected chi connectivity index (χ4v) is 2.53. The molecule has 2 aromatic rings. The molecule has 1 unspecified atom stereocenters. The summed E-state index contributed by atoms with van der Waals surface area (Å²) in [6.45, 7) is 2.09. The average molecular weight is 320 g/mol. The van der Waals surface area contributed by atoms with E-state index < -0.39 is 0 Å². The summed E-state index contributed by atoms with van der Waals surface area (Å²) >= 11 is 3.55. The van der Waals surface area contributed by atoms with E-state index in [1.165, 1.54) is 16.7 Å². The highest BCUT2D eigenvalue weighted by Crippen LogP contribution is 2.25. The van der Waals surface area contributed by atoms with Crippen LogP contribution in [0, 0.1) is 6.92 Å². The molecule has 0 amide bonds. The third-order valence-electron chi connectivity index (χ3n) is 3.32. The summed E-state index contributed by atoms with van der Waals surface area (Å²) in [5.41, 5.74) is 9.93. The Morgan fingerprint density at radius 1 is 1.16 bits per heavy atom. The first-order valence-corrected chi connectivity index (χ1v) is 7.04. The molecule has 19 heavy (non-hydrogen) atoms. The van der Waals surface area contributed by atoms with E-state index in [1.807, 2.05) is 24.3 Å². The van der Waals surface area contributed by atoms with Crippen LogP contribution in [0.2, 0.25) is 0 Å². The van der Waals surface area contributed by atoms with E-state index in [-0.39, 0.29) is 6.04 Å². The van der Waals surface area contributed by atoms with Crippen LogP contribution in [-0.2, 0) is 6.42 Å². The molecule has 2 rings (SSSR count). The number of ether oxygens (including phenoxy) is 1. The van der Waals surface area contributed by atoms with E-state index in [2.05, 4.69) is 41.1 Å². The molecule has 0 radical (unpaired) electrons. The number of halogens is 1. The molecular weight excluding hydrogens is 302 g/mol. The van der Waals surface area contributed by atoms with Crippen molar-refractivity contribution in [1.29, 1.82) is 0 Å². The van der Waals surface area contributed by atoms with Crippen molar-refractivity contribution in [2.24, 2.45) is 5.73 Å². The first kappa shape index (κ1) is 14.1. The van der Waals surface area contributed by atoms with Crippen molar-refractivity contribution in [3.8, 4) is 5.75 Å². The van der Waals surface area contributed by atoms with Crippen molar-refractivity contribution in [2.75, 3.05) is 7.11 Å². The van der Waals surface area contributed by atoms with Gasteiger partial charge < -0.3 is 10.5 Å². The number of methoxy groups -OCH3 is 1. The summed E-state index contributed by atoms with van der Waals surface area (Å²) in [5, 5.41) is 0. The van der Waals surface area contributed by atoms with Crippen molar-refractivity contribution < 1.29 is 4.74 Å². The second-order valence-electron chi connectivity index (χ2n) is 4.61. The van der Waals surface area contributed by atoms with Crippen molar-refractivity contribution in [2.45, 2.75) is 19.4 Å². The second-order valence-corrected chi connectivity index (χ2v) is 5.47. The monoisotopic (exact) mass is 319 g/mol. The van der Waals surface area contributed by atoms with Gasteiger partial charge in [-0.2, -0.15) is 0 Å². The number of hydrogen-bond acceptors (Lipinski definition) is 2. The van der Waals surface area contributed by atoms with Crippen molar-refractivity contribution in [1.82, 2.24) is 0 Å². The number of nitrogens with two attached hydrogens (primary N) is 1. The van der Waals surface area contributed by atoms with Gasteiger partial charge in [-0.05, 0) is 48.2 Å². The SMILES string of the molecule is COc1ccc(CC(N)c2cccc(Br)c2C)cc1. The Bertz CT molecular complexity index is 551. The molecule has 0 aliphatic rings. The molecule has 2 aromatic carbocycles. The molecule has 2 nitrogen and oxygen atoms in total. The molecule has 0 aliphatic carbocycles. The van der Waals surface area contributed by atoms with E-state index in [1.54, 1.807) is 7.11 Å². The molecule has 0 fully saturated rings. The molecule has 0 saturated carbocycles. The maximum absolute atomic E-state index is 6.32. The van der Waals surface area contributed by atoms with Gasteiger partial charge in [0.2, 0.25) is 0 Å². The molecule has 0 bridgehead atoms. The standard InChI is InChI=1S/C16H18BrNO/c1-11-14(4-3-5-15(11)17)16(18)10-12-6-8-13(19-2)9-7-12/h3-9,16H,10,18H2,1-2H3. The van der Waals surface area contributed by atoms with Gasteiger partial charge in [0, 0.05) is 10.5 Å². The average Bonchev–Trinajstić information content (AvgIpc) is 2.42. The van der Waals surface area contributed by atoms with Crippen LogP contribution >= 0.6 is 15.9 Å². The normalized spacial score (nSPS) is 12.2. The van der Waals surface area contributed by atoms with Gasteiger partial charge >= 0.3 is 0 Å². The van der Waals surface area contributed by atoms with Gasteiger partial charge in [0.05, 0.1) is 7.11 Å². The number of benzene rings is 2. The fraction of sp³-hybridized carbons (Fsp3) is 0.250. The highest BCUT2D eigenvalue weighted by molar-refractivity contribution is 9.10. The molecule has 0 aromatic heterocycles. The van der Waals surface area contributed by atoms with Crippen LogP contribution in [0.25, 0.3) is 0 Å². The first-order valence-electron chi connectivity index (χ1n) is 6.25. The lowest BCUT2D eigenvalue weighted by atomic mass is 9.96. The molecule has 0 saturated heterocycles. The zero-order valence-corrected chi connectivity index (χ0v) is 12.8. The zero-order valence-electron chi connectivity index (χ0n) is 11.2. The fourth-order valence-electron chi connectivity index (χ4n) is 2.15. The Morgan fingerprint density at radius 2 is 1.84 bits per heavy atom. The van der Waals surface area contributed by atoms with Crippen LogP contribution < -0.4 is 10.5 Å². The van der Waals surface area contributed by atoms with Gasteiger partial charge in [-0.25, -0.2) is 0 Å². The molecule has 100 valence electrons. The quantitative estimate of drug-likeness (QED) is 0.924. The maximum Gasteiger partial charge on any atom is 0.118 e. The molecule has 0 heterocycles. The van der Waals surface area contributed by atoms with E-state index >= 15 is 0 Å². The summed E-state index contributed by atoms with van der Waals surface area (Å²) in [6, 6.07) is 14.2. The topological polar surface area (TPSA) is 35.2 Å². The van der Waals surface area contributed by atoms with Gasteiger partial charge in [0.25, 0.3) is 0 Å². The summed E-state index contributed by atoms with van der Waals surface area (Å²) < 4.78 is 6.26. The largest absolute Gasteiger partial charge is 0.497 e. The first-order chi connectivity index (χ1) is 9.11. The lowest BCUT2D eigenvalue weighted by Crippen LogP contribution is -2.14. The Hall–Kier alpha value is -1.32. The van der Waals surface area contributed by atoms with E-state index in [4.69, 9.17) is 10.5 Å². The van der Waals surface area contributed by atoms with E-state index in [0.29, 0.717) is 0 Å². The van der Waals surface area contributed by atoms with Gasteiger partial charge in [-0.3, -0.25) is 0 Å². The van der Waals surface area contributed by atoms with Gasteiger partial charge in [-0.1, -0.05) is 40.2 Å². The van der Waals surface area contributed by atoms with Gasteiger partial charge in [0.1, 0.15) is 5.75 Å². The Morgan fingerprint density at radius 3 is 2.47 bits per heavy atom. The smallest absolute Gasteiger partial charge is 0.118 e. The summed E-state index contributed by atoms with van der Waals surface area (Å²) in [5.74, 6) is 0.871. The van der Waals surface area contributed by atoms with E-state index in [9.17, 15) is 0 Å². The van der Waals surface area contributed by atoms with Crippen LogP contribution in [0.15, 0.2) is 46.9 Å². The van der Waals surface area contributed by atoms with Crippen LogP contribution in [0.5, 0.6) is 5.75 Å². The molecule has 1 atom stereocenters. The van der Waals surface area contributed by atoms with Crippen LogP contribution in [0.4, 0.5) is 0 Å². The minimum absolute atomic E-state index is 0.00546. The van der Waals surface area contributed by atoms with Crippen molar-refractivity contribution in [3.63, 3.8) is 0 Å². The highest BCUT2D eigenvalue weighted by atomic mass is 79.9. The lowest BCUT2D eigenvalue weighted by molar-refractivity contribution is 0.414. The predicted molar refractivity (Wildman–Crippen MR) is 82.5 cm³/mol. The third-order valence-corrected chi connectivity index (χ3v) is 4.18. The molecule has 3 heteroatoms. The van der Waals surface area contributed by atoms with Crippen molar-refractivity contribution >= 4 is 15.9 Å². The highest BCUT2D eigenvalue weighted by Gasteiger charge is 2.11. The Kier molecular flexibility index (Phi) is 4.61. The Labute approximate surface area is 122 Å². The van der Waals surface area contributed by atoms with Gasteiger partial charge in [-0.15, -0.1) is 0 Å².